The summed E-state index contributed by atoms with van der Waals surface area (Å²) in [5.74, 6) is 1.83. The molecule has 0 aliphatic heterocycles. The summed E-state index contributed by atoms with van der Waals surface area (Å²) in [4.78, 5) is 26.4. The van der Waals surface area contributed by atoms with E-state index in [1.807, 2.05) is 59.3 Å². The molecule has 4 rings (SSSR count). The summed E-state index contributed by atoms with van der Waals surface area (Å²) in [7, 11) is 1.65. The molecule has 3 aromatic rings. The van der Waals surface area contributed by atoms with Gasteiger partial charge in [-0.3, -0.25) is 14.3 Å². The lowest BCUT2D eigenvalue weighted by molar-refractivity contribution is -0.121. The van der Waals surface area contributed by atoms with E-state index >= 15 is 0 Å². The Bertz CT molecular complexity index is 1330. The molecule has 2 aromatic carbocycles. The van der Waals surface area contributed by atoms with Gasteiger partial charge in [0, 0.05) is 25.6 Å². The highest BCUT2D eigenvalue weighted by Gasteiger charge is 2.26. The van der Waals surface area contributed by atoms with Crippen molar-refractivity contribution in [3.8, 4) is 22.8 Å². The SMILES string of the molecule is CCCCNC(=O)CC(CC(C)C)NC(=O)c1cc(-c2c(OC)cccc2OCc2ccccc2)n(CC2CCCCC2)n1. The Balaban J connectivity index is 1.64. The van der Waals surface area contributed by atoms with Gasteiger partial charge in [-0.05, 0) is 61.3 Å². The Labute approximate surface area is 262 Å². The number of nitrogens with one attached hydrogen (secondary N) is 2. The van der Waals surface area contributed by atoms with Gasteiger partial charge >= 0.3 is 0 Å². The fourth-order valence-corrected chi connectivity index (χ4v) is 5.99. The van der Waals surface area contributed by atoms with Crippen LogP contribution in [0.1, 0.15) is 94.6 Å². The van der Waals surface area contributed by atoms with E-state index < -0.39 is 0 Å². The lowest BCUT2D eigenvalue weighted by Gasteiger charge is -2.23. The largest absolute Gasteiger partial charge is 0.496 e. The van der Waals surface area contributed by atoms with E-state index in [1.54, 1.807) is 7.11 Å². The molecular formula is C36H50N4O4. The first-order valence-electron chi connectivity index (χ1n) is 16.4. The van der Waals surface area contributed by atoms with E-state index in [4.69, 9.17) is 14.6 Å². The molecule has 0 spiro atoms. The second-order valence-corrected chi connectivity index (χ2v) is 12.4. The molecule has 238 valence electrons. The first kappa shape index (κ1) is 33.1. The maximum absolute atomic E-state index is 13.7. The minimum Gasteiger partial charge on any atom is -0.496 e. The molecule has 1 aliphatic carbocycles. The summed E-state index contributed by atoms with van der Waals surface area (Å²) in [6.07, 6.45) is 8.89. The van der Waals surface area contributed by atoms with E-state index in [2.05, 4.69) is 31.4 Å². The maximum atomic E-state index is 13.7. The normalized spacial score (nSPS) is 14.3. The first-order valence-corrected chi connectivity index (χ1v) is 16.4. The molecule has 1 fully saturated rings. The molecule has 8 heteroatoms. The van der Waals surface area contributed by atoms with Crippen molar-refractivity contribution in [2.24, 2.45) is 11.8 Å². The number of hydrogen-bond acceptors (Lipinski definition) is 5. The highest BCUT2D eigenvalue weighted by atomic mass is 16.5. The summed E-state index contributed by atoms with van der Waals surface area (Å²) >= 11 is 0. The minimum absolute atomic E-state index is 0.0397. The zero-order chi connectivity index (χ0) is 31.3. The Kier molecular flexibility index (Phi) is 12.7. The quantitative estimate of drug-likeness (QED) is 0.170. The zero-order valence-corrected chi connectivity index (χ0v) is 26.9. The molecule has 1 heterocycles. The number of aromatic nitrogens is 2. The Morgan fingerprint density at radius 1 is 1.02 bits per heavy atom. The van der Waals surface area contributed by atoms with Crippen LogP contribution in [0.4, 0.5) is 0 Å². The van der Waals surface area contributed by atoms with Gasteiger partial charge in [-0.15, -0.1) is 0 Å². The van der Waals surface area contributed by atoms with Crippen LogP contribution in [-0.4, -0.2) is 41.3 Å². The average molecular weight is 603 g/mol. The smallest absolute Gasteiger partial charge is 0.272 e. The lowest BCUT2D eigenvalue weighted by atomic mass is 9.89. The van der Waals surface area contributed by atoms with E-state index in [1.165, 1.54) is 19.3 Å². The molecule has 0 radical (unpaired) electrons. The minimum atomic E-state index is -0.285. The van der Waals surface area contributed by atoms with Crippen molar-refractivity contribution >= 4 is 11.8 Å². The number of methoxy groups -OCH3 is 1. The average Bonchev–Trinajstić information content (AvgIpc) is 3.43. The molecule has 1 aromatic heterocycles. The highest BCUT2D eigenvalue weighted by molar-refractivity contribution is 5.94. The molecule has 1 atom stereocenters. The summed E-state index contributed by atoms with van der Waals surface area (Å²) in [6, 6.07) is 17.4. The number of nitrogens with zero attached hydrogens (tertiary/aromatic N) is 2. The Morgan fingerprint density at radius 2 is 1.77 bits per heavy atom. The number of unbranched alkanes of at least 4 members (excludes halogenated alkanes) is 1. The molecule has 44 heavy (non-hydrogen) atoms. The van der Waals surface area contributed by atoms with Crippen molar-refractivity contribution in [1.29, 1.82) is 0 Å². The van der Waals surface area contributed by atoms with Crippen LogP contribution in [0, 0.1) is 11.8 Å². The van der Waals surface area contributed by atoms with Crippen LogP contribution in [0.2, 0.25) is 0 Å². The highest BCUT2D eigenvalue weighted by Crippen LogP contribution is 2.40. The molecular weight excluding hydrogens is 552 g/mol. The van der Waals surface area contributed by atoms with Crippen LogP contribution < -0.4 is 20.1 Å². The molecule has 1 aliphatic rings. The number of ether oxygens (including phenoxy) is 2. The van der Waals surface area contributed by atoms with Crippen molar-refractivity contribution in [2.75, 3.05) is 13.7 Å². The van der Waals surface area contributed by atoms with Gasteiger partial charge in [-0.25, -0.2) is 0 Å². The second-order valence-electron chi connectivity index (χ2n) is 12.4. The van der Waals surface area contributed by atoms with Crippen LogP contribution in [0.5, 0.6) is 11.5 Å². The number of hydrogen-bond donors (Lipinski definition) is 2. The summed E-state index contributed by atoms with van der Waals surface area (Å²) < 4.78 is 14.2. The van der Waals surface area contributed by atoms with Crippen LogP contribution in [-0.2, 0) is 17.9 Å². The number of amides is 2. The van der Waals surface area contributed by atoms with Crippen molar-refractivity contribution < 1.29 is 19.1 Å². The number of carbonyl (C=O) groups is 2. The van der Waals surface area contributed by atoms with E-state index in [0.717, 1.165) is 42.5 Å². The van der Waals surface area contributed by atoms with Crippen LogP contribution in [0.3, 0.4) is 0 Å². The van der Waals surface area contributed by atoms with Crippen molar-refractivity contribution in [3.05, 3.63) is 65.9 Å². The zero-order valence-electron chi connectivity index (χ0n) is 26.9. The van der Waals surface area contributed by atoms with Crippen LogP contribution >= 0.6 is 0 Å². The number of carbonyl (C=O) groups excluding carboxylic acids is 2. The lowest BCUT2D eigenvalue weighted by Crippen LogP contribution is -2.40. The van der Waals surface area contributed by atoms with Gasteiger partial charge in [0.25, 0.3) is 5.91 Å². The fraction of sp³-hybridized carbons (Fsp3) is 0.528. The van der Waals surface area contributed by atoms with Crippen molar-refractivity contribution in [1.82, 2.24) is 20.4 Å². The predicted octanol–water partition coefficient (Wildman–Crippen LogP) is 7.17. The van der Waals surface area contributed by atoms with E-state index in [-0.39, 0.29) is 24.3 Å². The predicted molar refractivity (Wildman–Crippen MR) is 175 cm³/mol. The Morgan fingerprint density at radius 3 is 2.48 bits per heavy atom. The molecule has 1 saturated carbocycles. The third-order valence-electron chi connectivity index (χ3n) is 8.25. The van der Waals surface area contributed by atoms with Gasteiger partial charge in [-0.2, -0.15) is 5.10 Å². The molecule has 2 N–H and O–H groups in total. The summed E-state index contributed by atoms with van der Waals surface area (Å²) in [5.41, 5.74) is 2.96. The van der Waals surface area contributed by atoms with Crippen molar-refractivity contribution in [2.45, 2.75) is 97.8 Å². The number of benzene rings is 2. The number of rotatable bonds is 16. The third kappa shape index (κ3) is 9.60. The van der Waals surface area contributed by atoms with Gasteiger partial charge in [0.15, 0.2) is 5.69 Å². The van der Waals surface area contributed by atoms with Gasteiger partial charge < -0.3 is 20.1 Å². The van der Waals surface area contributed by atoms with Crippen LogP contribution in [0.25, 0.3) is 11.3 Å². The molecule has 0 saturated heterocycles. The third-order valence-corrected chi connectivity index (χ3v) is 8.25. The van der Waals surface area contributed by atoms with Gasteiger partial charge in [0.1, 0.15) is 18.1 Å². The summed E-state index contributed by atoms with van der Waals surface area (Å²) in [6.45, 7) is 8.07. The standard InChI is InChI=1S/C36H50N4O4/c1-5-6-20-37-34(41)22-29(21-26(2)3)38-36(42)30-23-31(40(39-30)24-27-14-9-7-10-15-27)35-32(43-4)18-13-19-33(35)44-25-28-16-11-8-12-17-28/h8,11-13,16-19,23,26-27,29H,5-7,9-10,14-15,20-22,24-25H2,1-4H3,(H,37,41)(H,38,42). The van der Waals surface area contributed by atoms with Gasteiger partial charge in [-0.1, -0.05) is 82.9 Å². The second kappa shape index (κ2) is 16.9. The molecule has 1 unspecified atom stereocenters. The monoisotopic (exact) mass is 602 g/mol. The first-order chi connectivity index (χ1) is 21.4. The van der Waals surface area contributed by atoms with Crippen LogP contribution in [0.15, 0.2) is 54.6 Å². The van der Waals surface area contributed by atoms with Crippen molar-refractivity contribution in [3.63, 3.8) is 0 Å². The topological polar surface area (TPSA) is 94.5 Å². The molecule has 8 nitrogen and oxygen atoms in total. The Hall–Kier alpha value is -3.81. The molecule has 0 bridgehead atoms. The maximum Gasteiger partial charge on any atom is 0.272 e. The van der Waals surface area contributed by atoms with E-state index in [0.29, 0.717) is 55.1 Å². The fourth-order valence-electron chi connectivity index (χ4n) is 5.99. The molecule has 2 amide bonds. The van der Waals surface area contributed by atoms with E-state index in [9.17, 15) is 9.59 Å². The van der Waals surface area contributed by atoms with Gasteiger partial charge in [0.05, 0.1) is 18.4 Å². The summed E-state index contributed by atoms with van der Waals surface area (Å²) in [5, 5.41) is 11.0. The van der Waals surface area contributed by atoms with Gasteiger partial charge in [0.2, 0.25) is 5.91 Å².